The summed E-state index contributed by atoms with van der Waals surface area (Å²) in [5, 5.41) is 3.98. The fraction of sp³-hybridized carbons (Fsp3) is 0.250. The number of para-hydroxylation sites is 1. The minimum Gasteiger partial charge on any atom is -0.491 e. The third-order valence-corrected chi connectivity index (χ3v) is 5.48. The minimum atomic E-state index is -0.0831. The molecule has 1 N–H and O–H groups in total. The van der Waals surface area contributed by atoms with Gasteiger partial charge in [0.25, 0.3) is 5.91 Å². The summed E-state index contributed by atoms with van der Waals surface area (Å²) in [6.45, 7) is 2.36. The molecule has 5 nitrogen and oxygen atoms in total. The molecule has 6 heteroatoms. The Hall–Kier alpha value is -2.73. The van der Waals surface area contributed by atoms with Gasteiger partial charge in [-0.25, -0.2) is 4.98 Å². The summed E-state index contributed by atoms with van der Waals surface area (Å²) in [6, 6.07) is 13.7. The van der Waals surface area contributed by atoms with Crippen molar-refractivity contribution in [3.8, 4) is 5.75 Å². The quantitative estimate of drug-likeness (QED) is 0.771. The van der Waals surface area contributed by atoms with Gasteiger partial charge in [0.2, 0.25) is 0 Å². The van der Waals surface area contributed by atoms with Gasteiger partial charge in [0.15, 0.2) is 0 Å². The van der Waals surface area contributed by atoms with Crippen molar-refractivity contribution in [1.82, 2.24) is 15.3 Å². The van der Waals surface area contributed by atoms with Crippen molar-refractivity contribution < 1.29 is 9.53 Å². The topological polar surface area (TPSA) is 64.1 Å². The number of aromatic nitrogens is 2. The van der Waals surface area contributed by atoms with Crippen LogP contribution in [0.15, 0.2) is 48.7 Å². The Kier molecular flexibility index (Phi) is 4.67. The standard InChI is InChI=1S/C20H19N3O2S/c1-13-19(26-18(22-13)11-15-7-4-5-9-21-15)20(24)23-16-10-14-6-2-3-8-17(14)25-12-16/h2-9,16H,10-12H2,1H3,(H,23,24). The molecule has 1 aliphatic heterocycles. The molecule has 1 aliphatic rings. The number of rotatable bonds is 4. The zero-order chi connectivity index (χ0) is 17.9. The second kappa shape index (κ2) is 7.25. The van der Waals surface area contributed by atoms with E-state index in [2.05, 4.69) is 15.3 Å². The van der Waals surface area contributed by atoms with E-state index in [4.69, 9.17) is 4.74 Å². The number of pyridine rings is 1. The highest BCUT2D eigenvalue weighted by Crippen LogP contribution is 2.25. The number of hydrogen-bond donors (Lipinski definition) is 1. The van der Waals surface area contributed by atoms with Crippen molar-refractivity contribution in [3.05, 3.63) is 75.5 Å². The Morgan fingerprint density at radius 2 is 2.12 bits per heavy atom. The first-order valence-electron chi connectivity index (χ1n) is 8.57. The molecule has 26 heavy (non-hydrogen) atoms. The lowest BCUT2D eigenvalue weighted by Gasteiger charge is -2.25. The largest absolute Gasteiger partial charge is 0.491 e. The third kappa shape index (κ3) is 3.60. The number of aryl methyl sites for hydroxylation is 1. The summed E-state index contributed by atoms with van der Waals surface area (Å²) < 4.78 is 5.75. The number of ether oxygens (including phenoxy) is 1. The third-order valence-electron chi connectivity index (χ3n) is 4.32. The molecular formula is C20H19N3O2S. The number of thiazole rings is 1. The van der Waals surface area contributed by atoms with Crippen LogP contribution in [0.3, 0.4) is 0 Å². The molecule has 0 radical (unpaired) electrons. The van der Waals surface area contributed by atoms with E-state index in [-0.39, 0.29) is 11.9 Å². The van der Waals surface area contributed by atoms with E-state index in [0.29, 0.717) is 17.9 Å². The fourth-order valence-corrected chi connectivity index (χ4v) is 4.05. The molecule has 0 aliphatic carbocycles. The van der Waals surface area contributed by atoms with Gasteiger partial charge >= 0.3 is 0 Å². The first-order valence-corrected chi connectivity index (χ1v) is 9.38. The van der Waals surface area contributed by atoms with Crippen LogP contribution in [-0.4, -0.2) is 28.5 Å². The van der Waals surface area contributed by atoms with E-state index in [1.54, 1.807) is 6.20 Å². The molecule has 3 aromatic rings. The van der Waals surface area contributed by atoms with Gasteiger partial charge in [-0.1, -0.05) is 24.3 Å². The van der Waals surface area contributed by atoms with Crippen molar-refractivity contribution in [2.24, 2.45) is 0 Å². The van der Waals surface area contributed by atoms with Crippen LogP contribution >= 0.6 is 11.3 Å². The summed E-state index contributed by atoms with van der Waals surface area (Å²) in [7, 11) is 0. The van der Waals surface area contributed by atoms with Gasteiger partial charge in [-0.05, 0) is 37.1 Å². The minimum absolute atomic E-state index is 0.0295. The number of benzene rings is 1. The highest BCUT2D eigenvalue weighted by molar-refractivity contribution is 7.13. The predicted molar refractivity (Wildman–Crippen MR) is 101 cm³/mol. The number of nitrogens with one attached hydrogen (secondary N) is 1. The number of hydrogen-bond acceptors (Lipinski definition) is 5. The highest BCUT2D eigenvalue weighted by atomic mass is 32.1. The average Bonchev–Trinajstić information content (AvgIpc) is 3.03. The smallest absolute Gasteiger partial charge is 0.263 e. The Bertz CT molecular complexity index is 924. The Morgan fingerprint density at radius 1 is 1.27 bits per heavy atom. The van der Waals surface area contributed by atoms with E-state index in [0.717, 1.165) is 34.1 Å². The van der Waals surface area contributed by atoms with Crippen molar-refractivity contribution in [2.45, 2.75) is 25.8 Å². The summed E-state index contributed by atoms with van der Waals surface area (Å²) in [4.78, 5) is 22.2. The van der Waals surface area contributed by atoms with Crippen molar-refractivity contribution in [2.75, 3.05) is 6.61 Å². The van der Waals surface area contributed by atoms with Gasteiger partial charge in [0.05, 0.1) is 16.7 Å². The number of fused-ring (bicyclic) bond motifs is 1. The molecule has 0 spiro atoms. The van der Waals surface area contributed by atoms with Gasteiger partial charge in [0.1, 0.15) is 17.2 Å². The van der Waals surface area contributed by atoms with Crippen LogP contribution in [0, 0.1) is 6.92 Å². The van der Waals surface area contributed by atoms with Crippen LogP contribution in [0.4, 0.5) is 0 Å². The lowest BCUT2D eigenvalue weighted by Crippen LogP contribution is -2.42. The van der Waals surface area contributed by atoms with E-state index in [1.807, 2.05) is 49.4 Å². The molecule has 3 heterocycles. The summed E-state index contributed by atoms with van der Waals surface area (Å²) >= 11 is 1.43. The summed E-state index contributed by atoms with van der Waals surface area (Å²) in [5.74, 6) is 0.824. The number of nitrogens with zero attached hydrogens (tertiary/aromatic N) is 2. The molecule has 0 fully saturated rings. The molecule has 1 atom stereocenters. The molecule has 1 aromatic carbocycles. The SMILES string of the molecule is Cc1nc(Cc2ccccn2)sc1C(=O)NC1COc2ccccc2C1. The molecular weight excluding hydrogens is 346 g/mol. The number of amides is 1. The van der Waals surface area contributed by atoms with Gasteiger partial charge in [-0.2, -0.15) is 0 Å². The fourth-order valence-electron chi connectivity index (χ4n) is 3.07. The highest BCUT2D eigenvalue weighted by Gasteiger charge is 2.23. The number of carbonyl (C=O) groups is 1. The second-order valence-electron chi connectivity index (χ2n) is 6.31. The van der Waals surface area contributed by atoms with Crippen LogP contribution in [-0.2, 0) is 12.8 Å². The molecule has 1 unspecified atom stereocenters. The van der Waals surface area contributed by atoms with Crippen molar-refractivity contribution in [1.29, 1.82) is 0 Å². The molecule has 1 amide bonds. The first kappa shape index (κ1) is 16.7. The van der Waals surface area contributed by atoms with Gasteiger partial charge in [-0.15, -0.1) is 11.3 Å². The lowest BCUT2D eigenvalue weighted by molar-refractivity contribution is 0.0918. The summed E-state index contributed by atoms with van der Waals surface area (Å²) in [6.07, 6.45) is 3.18. The van der Waals surface area contributed by atoms with Crippen molar-refractivity contribution in [3.63, 3.8) is 0 Å². The number of carbonyl (C=O) groups excluding carboxylic acids is 1. The second-order valence-corrected chi connectivity index (χ2v) is 7.40. The van der Waals surface area contributed by atoms with Gasteiger partial charge in [0, 0.05) is 18.3 Å². The van der Waals surface area contributed by atoms with E-state index in [9.17, 15) is 4.79 Å². The van der Waals surface area contributed by atoms with Crippen molar-refractivity contribution >= 4 is 17.2 Å². The average molecular weight is 365 g/mol. The van der Waals surface area contributed by atoms with Gasteiger partial charge in [-0.3, -0.25) is 9.78 Å². The Labute approximate surface area is 156 Å². The molecule has 0 bridgehead atoms. The van der Waals surface area contributed by atoms with E-state index in [1.165, 1.54) is 11.3 Å². The normalized spacial score (nSPS) is 15.8. The Morgan fingerprint density at radius 3 is 2.96 bits per heavy atom. The molecule has 0 saturated carbocycles. The Balaban J connectivity index is 1.44. The lowest BCUT2D eigenvalue weighted by atomic mass is 10.0. The van der Waals surface area contributed by atoms with E-state index >= 15 is 0 Å². The van der Waals surface area contributed by atoms with Crippen LogP contribution in [0.1, 0.15) is 31.6 Å². The molecule has 0 saturated heterocycles. The predicted octanol–water partition coefficient (Wildman–Crippen LogP) is 3.17. The molecule has 2 aromatic heterocycles. The first-order chi connectivity index (χ1) is 12.7. The van der Waals surface area contributed by atoms with Crippen LogP contribution in [0.5, 0.6) is 5.75 Å². The monoisotopic (exact) mass is 365 g/mol. The maximum Gasteiger partial charge on any atom is 0.263 e. The summed E-state index contributed by atoms with van der Waals surface area (Å²) in [5.41, 5.74) is 2.84. The van der Waals surface area contributed by atoms with E-state index < -0.39 is 0 Å². The maximum atomic E-state index is 12.7. The molecule has 4 rings (SSSR count). The van der Waals surface area contributed by atoms with Crippen LogP contribution in [0.2, 0.25) is 0 Å². The molecule has 132 valence electrons. The zero-order valence-electron chi connectivity index (χ0n) is 14.4. The van der Waals surface area contributed by atoms with Crippen LogP contribution < -0.4 is 10.1 Å². The maximum absolute atomic E-state index is 12.7. The van der Waals surface area contributed by atoms with Crippen LogP contribution in [0.25, 0.3) is 0 Å². The van der Waals surface area contributed by atoms with Gasteiger partial charge < -0.3 is 10.1 Å². The zero-order valence-corrected chi connectivity index (χ0v) is 15.3.